The highest BCUT2D eigenvalue weighted by atomic mass is 35.5. The van der Waals surface area contributed by atoms with Crippen LogP contribution in [0.25, 0.3) is 11.1 Å². The van der Waals surface area contributed by atoms with E-state index in [1.165, 1.54) is 0 Å². The van der Waals surface area contributed by atoms with Gasteiger partial charge in [-0.1, -0.05) is 53.5 Å². The fourth-order valence-corrected chi connectivity index (χ4v) is 5.77. The highest BCUT2D eigenvalue weighted by Crippen LogP contribution is 2.36. The summed E-state index contributed by atoms with van der Waals surface area (Å²) in [5.41, 5.74) is 3.18. The first kappa shape index (κ1) is 23.6. The molecule has 33 heavy (non-hydrogen) atoms. The Bertz CT molecular complexity index is 1290. The number of carbonyl (C=O) groups is 1. The topological polar surface area (TPSA) is 92.7 Å². The second-order valence-corrected chi connectivity index (χ2v) is 10.3. The number of hydrogen-bond acceptors (Lipinski definition) is 4. The van der Waals surface area contributed by atoms with E-state index in [0.717, 1.165) is 28.7 Å². The molecule has 4 rings (SSSR count). The normalized spacial score (nSPS) is 15.6. The number of aliphatic carboxylic acids is 1. The van der Waals surface area contributed by atoms with Gasteiger partial charge < -0.3 is 9.84 Å². The summed E-state index contributed by atoms with van der Waals surface area (Å²) in [5.74, 6) is -0.591. The smallest absolute Gasteiger partial charge is 0.341 e. The average Bonchev–Trinajstić information content (AvgIpc) is 2.78. The average molecular weight is 506 g/mol. The van der Waals surface area contributed by atoms with Gasteiger partial charge in [0.25, 0.3) is 0 Å². The molecule has 0 saturated heterocycles. The molecule has 0 amide bonds. The highest BCUT2D eigenvalue weighted by Gasteiger charge is 2.27. The molecule has 1 atom stereocenters. The third-order valence-corrected chi connectivity index (χ3v) is 7.55. The van der Waals surface area contributed by atoms with Gasteiger partial charge in [-0.05, 0) is 66.3 Å². The van der Waals surface area contributed by atoms with Crippen LogP contribution in [0.5, 0.6) is 5.75 Å². The maximum atomic E-state index is 13.1. The summed E-state index contributed by atoms with van der Waals surface area (Å²) < 4.78 is 34.4. The van der Waals surface area contributed by atoms with Gasteiger partial charge in [-0.3, -0.25) is 0 Å². The SMILES string of the molecule is O=C(O)COc1cccc2c1CCC[C@H]2NS(=O)(=O)c1ccc(-c2ccc(Cl)cc2Cl)cc1. The van der Waals surface area contributed by atoms with E-state index in [2.05, 4.69) is 4.72 Å². The van der Waals surface area contributed by atoms with Gasteiger partial charge in [0.2, 0.25) is 10.0 Å². The molecule has 0 aliphatic heterocycles. The summed E-state index contributed by atoms with van der Waals surface area (Å²) in [5, 5.41) is 9.91. The first-order valence-electron chi connectivity index (χ1n) is 10.3. The predicted molar refractivity (Wildman–Crippen MR) is 127 cm³/mol. The largest absolute Gasteiger partial charge is 0.482 e. The van der Waals surface area contributed by atoms with Crippen LogP contribution in [-0.2, 0) is 21.2 Å². The molecular weight excluding hydrogens is 485 g/mol. The summed E-state index contributed by atoms with van der Waals surface area (Å²) in [7, 11) is -3.80. The minimum Gasteiger partial charge on any atom is -0.482 e. The van der Waals surface area contributed by atoms with E-state index in [0.29, 0.717) is 28.6 Å². The van der Waals surface area contributed by atoms with Crippen LogP contribution in [0.1, 0.15) is 30.0 Å². The Kier molecular flexibility index (Phi) is 6.95. The van der Waals surface area contributed by atoms with Crippen LogP contribution in [0, 0.1) is 0 Å². The molecule has 0 radical (unpaired) electrons. The molecule has 0 unspecified atom stereocenters. The van der Waals surface area contributed by atoms with E-state index in [4.69, 9.17) is 33.0 Å². The zero-order valence-electron chi connectivity index (χ0n) is 17.4. The van der Waals surface area contributed by atoms with Gasteiger partial charge in [0, 0.05) is 21.7 Å². The van der Waals surface area contributed by atoms with Crippen molar-refractivity contribution in [1.29, 1.82) is 0 Å². The van der Waals surface area contributed by atoms with Gasteiger partial charge in [0.05, 0.1) is 4.90 Å². The number of carboxylic acid groups (broad SMARTS) is 1. The first-order chi connectivity index (χ1) is 15.7. The van der Waals surface area contributed by atoms with Crippen molar-refractivity contribution in [3.05, 3.63) is 81.8 Å². The highest BCUT2D eigenvalue weighted by molar-refractivity contribution is 7.89. The van der Waals surface area contributed by atoms with Crippen molar-refractivity contribution in [2.24, 2.45) is 0 Å². The quantitative estimate of drug-likeness (QED) is 0.443. The minimum absolute atomic E-state index is 0.141. The van der Waals surface area contributed by atoms with Crippen LogP contribution in [0.3, 0.4) is 0 Å². The van der Waals surface area contributed by atoms with Crippen molar-refractivity contribution in [3.63, 3.8) is 0 Å². The van der Waals surface area contributed by atoms with Crippen molar-refractivity contribution in [2.75, 3.05) is 6.61 Å². The van der Waals surface area contributed by atoms with Gasteiger partial charge >= 0.3 is 5.97 Å². The first-order valence-corrected chi connectivity index (χ1v) is 12.5. The number of hydrogen-bond donors (Lipinski definition) is 2. The zero-order chi connectivity index (χ0) is 23.6. The number of benzene rings is 3. The molecule has 0 fully saturated rings. The fourth-order valence-electron chi connectivity index (χ4n) is 4.00. The maximum absolute atomic E-state index is 13.1. The molecule has 1 aliphatic rings. The van der Waals surface area contributed by atoms with E-state index in [9.17, 15) is 13.2 Å². The molecule has 9 heteroatoms. The molecule has 3 aromatic carbocycles. The van der Waals surface area contributed by atoms with Crippen molar-refractivity contribution >= 4 is 39.2 Å². The zero-order valence-corrected chi connectivity index (χ0v) is 19.8. The molecule has 2 N–H and O–H groups in total. The molecule has 3 aromatic rings. The van der Waals surface area contributed by atoms with Crippen LogP contribution < -0.4 is 9.46 Å². The summed E-state index contributed by atoms with van der Waals surface area (Å²) in [6, 6.07) is 16.5. The van der Waals surface area contributed by atoms with E-state index in [1.807, 2.05) is 6.07 Å². The van der Waals surface area contributed by atoms with Crippen LogP contribution >= 0.6 is 23.2 Å². The third-order valence-electron chi connectivity index (χ3n) is 5.52. The van der Waals surface area contributed by atoms with Crippen LogP contribution in [0.2, 0.25) is 10.0 Å². The molecular formula is C24H21Cl2NO5S. The lowest BCUT2D eigenvalue weighted by atomic mass is 9.87. The number of nitrogens with one attached hydrogen (secondary N) is 1. The molecule has 172 valence electrons. The lowest BCUT2D eigenvalue weighted by molar-refractivity contribution is -0.139. The second-order valence-electron chi connectivity index (χ2n) is 7.72. The Morgan fingerprint density at radius 2 is 1.85 bits per heavy atom. The Labute approximate surface area is 202 Å². The Hall–Kier alpha value is -2.58. The molecule has 0 heterocycles. The summed E-state index contributed by atoms with van der Waals surface area (Å²) in [4.78, 5) is 11.0. The van der Waals surface area contributed by atoms with E-state index < -0.39 is 28.6 Å². The van der Waals surface area contributed by atoms with Crippen LogP contribution in [-0.4, -0.2) is 26.1 Å². The summed E-state index contributed by atoms with van der Waals surface area (Å²) in [6.07, 6.45) is 2.08. The van der Waals surface area contributed by atoms with Crippen molar-refractivity contribution in [3.8, 4) is 16.9 Å². The van der Waals surface area contributed by atoms with Gasteiger partial charge in [0.15, 0.2) is 6.61 Å². The standard InChI is InChI=1S/C24H21Cl2NO5S/c25-16-9-12-18(21(26)13-16)15-7-10-17(11-8-15)33(30,31)27-22-5-1-4-20-19(22)3-2-6-23(20)32-14-24(28)29/h2-3,6-13,22,27H,1,4-5,14H2,(H,28,29)/t22-/m1/s1. The molecule has 6 nitrogen and oxygen atoms in total. The number of sulfonamides is 1. The van der Waals surface area contributed by atoms with E-state index in [-0.39, 0.29) is 4.90 Å². The molecule has 0 spiro atoms. The lowest BCUT2D eigenvalue weighted by Gasteiger charge is -2.27. The van der Waals surface area contributed by atoms with Gasteiger partial charge in [-0.2, -0.15) is 0 Å². The number of ether oxygens (including phenoxy) is 1. The molecule has 0 bridgehead atoms. The van der Waals surface area contributed by atoms with Crippen molar-refractivity contribution < 1.29 is 23.1 Å². The van der Waals surface area contributed by atoms with E-state index in [1.54, 1.807) is 54.6 Å². The summed E-state index contributed by atoms with van der Waals surface area (Å²) in [6.45, 7) is -0.448. The lowest BCUT2D eigenvalue weighted by Crippen LogP contribution is -2.31. The van der Waals surface area contributed by atoms with E-state index >= 15 is 0 Å². The van der Waals surface area contributed by atoms with Gasteiger partial charge in [0.1, 0.15) is 5.75 Å². The predicted octanol–water partition coefficient (Wildman–Crippen LogP) is 5.48. The monoisotopic (exact) mass is 505 g/mol. The Morgan fingerprint density at radius 3 is 2.55 bits per heavy atom. The number of rotatable bonds is 7. The maximum Gasteiger partial charge on any atom is 0.341 e. The molecule has 0 saturated carbocycles. The third kappa shape index (κ3) is 5.33. The molecule has 1 aliphatic carbocycles. The van der Waals surface area contributed by atoms with Gasteiger partial charge in [-0.25, -0.2) is 17.9 Å². The second kappa shape index (κ2) is 9.73. The number of fused-ring (bicyclic) bond motifs is 1. The number of halogens is 2. The van der Waals surface area contributed by atoms with Crippen molar-refractivity contribution in [2.45, 2.75) is 30.2 Å². The molecule has 0 aromatic heterocycles. The van der Waals surface area contributed by atoms with Crippen LogP contribution in [0.15, 0.2) is 65.6 Å². The van der Waals surface area contributed by atoms with Crippen molar-refractivity contribution in [1.82, 2.24) is 4.72 Å². The fraction of sp³-hybridized carbons (Fsp3) is 0.208. The Balaban J connectivity index is 1.56. The number of carboxylic acids is 1. The Morgan fingerprint density at radius 1 is 1.09 bits per heavy atom. The van der Waals surface area contributed by atoms with Crippen LogP contribution in [0.4, 0.5) is 0 Å². The van der Waals surface area contributed by atoms with Gasteiger partial charge in [-0.15, -0.1) is 0 Å². The minimum atomic E-state index is -3.80. The summed E-state index contributed by atoms with van der Waals surface area (Å²) >= 11 is 12.2.